The molecule has 0 spiro atoms. The van der Waals surface area contributed by atoms with Gasteiger partial charge in [0.15, 0.2) is 0 Å². The van der Waals surface area contributed by atoms with E-state index >= 15 is 0 Å². The molecule has 0 bridgehead atoms. The van der Waals surface area contributed by atoms with Crippen LogP contribution in [0.3, 0.4) is 0 Å². The van der Waals surface area contributed by atoms with E-state index in [1.54, 1.807) is 19.1 Å². The Balaban J connectivity index is 0.00000289. The fourth-order valence-electron chi connectivity index (χ4n) is 1.50. The molecule has 0 aromatic heterocycles. The highest BCUT2D eigenvalue weighted by Crippen LogP contribution is 2.12. The van der Waals surface area contributed by atoms with E-state index in [0.717, 1.165) is 18.4 Å². The molecule has 104 valence electrons. The van der Waals surface area contributed by atoms with E-state index in [0.29, 0.717) is 0 Å². The third kappa shape index (κ3) is 4.94. The van der Waals surface area contributed by atoms with Gasteiger partial charge in [-0.05, 0) is 31.0 Å². The normalized spacial score (nSPS) is 12.8. The molecule has 0 aliphatic rings. The first-order valence-corrected chi connectivity index (χ1v) is 7.29. The molecule has 0 fully saturated rings. The van der Waals surface area contributed by atoms with Crippen LogP contribution in [0.25, 0.3) is 0 Å². The summed E-state index contributed by atoms with van der Waals surface area (Å²) in [5.74, 6) is 0. The van der Waals surface area contributed by atoms with Crippen LogP contribution in [0.5, 0.6) is 0 Å². The molecule has 1 aromatic rings. The average molecular weight is 293 g/mol. The van der Waals surface area contributed by atoms with E-state index in [2.05, 4.69) is 11.6 Å². The number of rotatable bonds is 6. The second-order valence-electron chi connectivity index (χ2n) is 4.15. The number of halogens is 1. The molecule has 0 amide bonds. The summed E-state index contributed by atoms with van der Waals surface area (Å²) in [6.45, 7) is 4.12. The molecule has 1 aromatic carbocycles. The zero-order valence-electron chi connectivity index (χ0n) is 10.7. The van der Waals surface area contributed by atoms with Crippen molar-refractivity contribution < 1.29 is 8.42 Å². The summed E-state index contributed by atoms with van der Waals surface area (Å²) in [7, 11) is -3.43. The van der Waals surface area contributed by atoms with Crippen LogP contribution in [-0.4, -0.2) is 21.0 Å². The molecule has 1 rings (SSSR count). The van der Waals surface area contributed by atoms with E-state index in [1.807, 2.05) is 12.1 Å². The van der Waals surface area contributed by atoms with E-state index in [4.69, 9.17) is 5.73 Å². The molecule has 0 saturated carbocycles. The predicted octanol–water partition coefficient (Wildman–Crippen LogP) is 1.69. The summed E-state index contributed by atoms with van der Waals surface area (Å²) in [5.41, 5.74) is 6.55. The molecule has 6 heteroatoms. The van der Waals surface area contributed by atoms with Crippen molar-refractivity contribution in [3.8, 4) is 0 Å². The van der Waals surface area contributed by atoms with Gasteiger partial charge in [0.1, 0.15) is 0 Å². The Bertz CT molecular complexity index is 446. The maximum atomic E-state index is 11.9. The summed E-state index contributed by atoms with van der Waals surface area (Å²) in [5, 5.41) is 0. The van der Waals surface area contributed by atoms with Gasteiger partial charge in [-0.2, -0.15) is 0 Å². The topological polar surface area (TPSA) is 72.2 Å². The van der Waals surface area contributed by atoms with Gasteiger partial charge in [-0.1, -0.05) is 25.5 Å². The van der Waals surface area contributed by atoms with Crippen LogP contribution in [0, 0.1) is 0 Å². The van der Waals surface area contributed by atoms with Gasteiger partial charge in [0.25, 0.3) is 0 Å². The maximum absolute atomic E-state index is 11.9. The van der Waals surface area contributed by atoms with E-state index in [1.165, 1.54) is 0 Å². The van der Waals surface area contributed by atoms with Gasteiger partial charge in [-0.15, -0.1) is 12.4 Å². The Labute approximate surface area is 115 Å². The van der Waals surface area contributed by atoms with Gasteiger partial charge >= 0.3 is 0 Å². The third-order valence-corrected chi connectivity index (χ3v) is 4.09. The number of nitrogens with two attached hydrogens (primary N) is 1. The Morgan fingerprint density at radius 1 is 1.28 bits per heavy atom. The van der Waals surface area contributed by atoms with Crippen LogP contribution >= 0.6 is 12.4 Å². The second kappa shape index (κ2) is 7.74. The van der Waals surface area contributed by atoms with Crippen molar-refractivity contribution in [2.75, 3.05) is 6.54 Å². The Kier molecular flexibility index (Phi) is 7.47. The smallest absolute Gasteiger partial charge is 0.240 e. The number of aryl methyl sites for hydroxylation is 1. The van der Waals surface area contributed by atoms with Crippen LogP contribution in [0.4, 0.5) is 0 Å². The van der Waals surface area contributed by atoms with Crippen molar-refractivity contribution in [1.29, 1.82) is 0 Å². The molecule has 1 atom stereocenters. The van der Waals surface area contributed by atoms with Crippen LogP contribution < -0.4 is 10.5 Å². The van der Waals surface area contributed by atoms with Crippen molar-refractivity contribution >= 4 is 22.4 Å². The van der Waals surface area contributed by atoms with E-state index in [-0.39, 0.29) is 29.9 Å². The van der Waals surface area contributed by atoms with Crippen molar-refractivity contribution in [2.45, 2.75) is 37.6 Å². The molecule has 18 heavy (non-hydrogen) atoms. The lowest BCUT2D eigenvalue weighted by Crippen LogP contribution is -2.37. The monoisotopic (exact) mass is 292 g/mol. The van der Waals surface area contributed by atoms with Gasteiger partial charge in [0, 0.05) is 12.6 Å². The highest BCUT2D eigenvalue weighted by atomic mass is 35.5. The zero-order chi connectivity index (χ0) is 12.9. The van der Waals surface area contributed by atoms with Gasteiger partial charge in [0.2, 0.25) is 10.0 Å². The fourth-order valence-corrected chi connectivity index (χ4v) is 2.76. The standard InChI is InChI=1S/C12H20N2O2S.ClH/c1-3-4-11-5-7-12(8-6-11)17(15,16)14-10(2)9-13;/h5-8,10,14H,3-4,9,13H2,1-2H3;1H/t10-;/m0./s1. The molecule has 0 heterocycles. The Morgan fingerprint density at radius 3 is 2.28 bits per heavy atom. The van der Waals surface area contributed by atoms with E-state index in [9.17, 15) is 8.42 Å². The summed E-state index contributed by atoms with van der Waals surface area (Å²) < 4.78 is 26.3. The summed E-state index contributed by atoms with van der Waals surface area (Å²) in [6.07, 6.45) is 2.02. The van der Waals surface area contributed by atoms with Gasteiger partial charge in [-0.25, -0.2) is 13.1 Å². The lowest BCUT2D eigenvalue weighted by molar-refractivity contribution is 0.562. The lowest BCUT2D eigenvalue weighted by atomic mass is 10.1. The number of sulfonamides is 1. The minimum Gasteiger partial charge on any atom is -0.329 e. The molecule has 0 radical (unpaired) electrons. The largest absolute Gasteiger partial charge is 0.329 e. The highest BCUT2D eigenvalue weighted by molar-refractivity contribution is 7.89. The van der Waals surface area contributed by atoms with Crippen molar-refractivity contribution in [1.82, 2.24) is 4.72 Å². The first kappa shape index (κ1) is 17.4. The quantitative estimate of drug-likeness (QED) is 0.838. The van der Waals surface area contributed by atoms with E-state index < -0.39 is 10.0 Å². The van der Waals surface area contributed by atoms with Gasteiger partial charge in [0.05, 0.1) is 4.90 Å². The molecule has 3 N–H and O–H groups in total. The fraction of sp³-hybridized carbons (Fsp3) is 0.500. The molecule has 4 nitrogen and oxygen atoms in total. The van der Waals surface area contributed by atoms with Crippen molar-refractivity contribution in [3.63, 3.8) is 0 Å². The molecular formula is C12H21ClN2O2S. The number of nitrogens with one attached hydrogen (secondary N) is 1. The number of hydrogen-bond acceptors (Lipinski definition) is 3. The number of hydrogen-bond donors (Lipinski definition) is 2. The van der Waals surface area contributed by atoms with Gasteiger partial charge in [-0.3, -0.25) is 0 Å². The third-order valence-electron chi connectivity index (χ3n) is 2.48. The summed E-state index contributed by atoms with van der Waals surface area (Å²) in [6, 6.07) is 6.72. The minimum atomic E-state index is -3.43. The first-order valence-electron chi connectivity index (χ1n) is 5.81. The first-order chi connectivity index (χ1) is 7.99. The van der Waals surface area contributed by atoms with Crippen LogP contribution in [-0.2, 0) is 16.4 Å². The number of benzene rings is 1. The average Bonchev–Trinajstić information content (AvgIpc) is 2.29. The second-order valence-corrected chi connectivity index (χ2v) is 5.87. The van der Waals surface area contributed by atoms with Crippen LogP contribution in [0.15, 0.2) is 29.2 Å². The maximum Gasteiger partial charge on any atom is 0.240 e. The summed E-state index contributed by atoms with van der Waals surface area (Å²) in [4.78, 5) is 0.289. The van der Waals surface area contributed by atoms with Crippen LogP contribution in [0.1, 0.15) is 25.8 Å². The Morgan fingerprint density at radius 2 is 1.83 bits per heavy atom. The molecule has 0 saturated heterocycles. The Hall–Kier alpha value is -0.620. The molecule has 0 aliphatic heterocycles. The van der Waals surface area contributed by atoms with Crippen molar-refractivity contribution in [2.24, 2.45) is 5.73 Å². The van der Waals surface area contributed by atoms with Crippen molar-refractivity contribution in [3.05, 3.63) is 29.8 Å². The molecule has 0 aliphatic carbocycles. The molecule has 0 unspecified atom stereocenters. The highest BCUT2D eigenvalue weighted by Gasteiger charge is 2.15. The minimum absolute atomic E-state index is 0. The molecular weight excluding hydrogens is 272 g/mol. The summed E-state index contributed by atoms with van der Waals surface area (Å²) >= 11 is 0. The van der Waals surface area contributed by atoms with Gasteiger partial charge < -0.3 is 5.73 Å². The SMILES string of the molecule is CCCc1ccc(S(=O)(=O)N[C@@H](C)CN)cc1.Cl. The zero-order valence-corrected chi connectivity index (χ0v) is 12.4. The van der Waals surface area contributed by atoms with Crippen LogP contribution in [0.2, 0.25) is 0 Å². The lowest BCUT2D eigenvalue weighted by Gasteiger charge is -2.12. The predicted molar refractivity (Wildman–Crippen MR) is 76.5 cm³/mol.